The van der Waals surface area contributed by atoms with Crippen molar-refractivity contribution < 1.29 is 41.8 Å². The molecule has 2 saturated heterocycles. The van der Waals surface area contributed by atoms with E-state index in [0.29, 0.717) is 57.3 Å². The smallest absolute Gasteiger partial charge is 0.401 e. The zero-order valence-electron chi connectivity index (χ0n) is 27.3. The van der Waals surface area contributed by atoms with Gasteiger partial charge >= 0.3 is 12.1 Å². The van der Waals surface area contributed by atoms with E-state index in [1.54, 1.807) is 10.3 Å². The third kappa shape index (κ3) is 8.76. The molecule has 270 valence electrons. The van der Waals surface area contributed by atoms with Gasteiger partial charge in [-0.05, 0) is 55.9 Å². The Labute approximate surface area is 296 Å². The quantitative estimate of drug-likeness (QED) is 0.236. The van der Waals surface area contributed by atoms with Crippen LogP contribution in [0, 0.1) is 11.7 Å². The molecule has 1 saturated carbocycles. The molecule has 50 heavy (non-hydrogen) atoms. The maximum atomic E-state index is 15.5. The summed E-state index contributed by atoms with van der Waals surface area (Å²) in [5.41, 5.74) is 0.583. The molecule has 1 aliphatic carbocycles. The maximum absolute atomic E-state index is 15.5. The number of ether oxygens (including phenoxy) is 1. The van der Waals surface area contributed by atoms with Gasteiger partial charge in [-0.15, -0.1) is 11.3 Å². The monoisotopic (exact) mass is 738 g/mol. The van der Waals surface area contributed by atoms with Crippen molar-refractivity contribution in [2.75, 3.05) is 51.2 Å². The van der Waals surface area contributed by atoms with Crippen LogP contribution in [0.4, 0.5) is 23.2 Å². The number of anilines is 1. The predicted molar refractivity (Wildman–Crippen MR) is 182 cm³/mol. The van der Waals surface area contributed by atoms with Gasteiger partial charge in [0, 0.05) is 54.2 Å². The summed E-state index contributed by atoms with van der Waals surface area (Å²) in [5, 5.41) is 14.6. The van der Waals surface area contributed by atoms with Crippen LogP contribution in [0.1, 0.15) is 48.0 Å². The second-order valence-corrected chi connectivity index (χ2v) is 14.7. The minimum Gasteiger partial charge on any atom is -0.481 e. The minimum atomic E-state index is -4.27. The molecule has 3 aliphatic rings. The first kappa shape index (κ1) is 36.5. The SMILES string of the molecule is O=C(Nc1cc(F)c(CC(=O)N2C[C@@H](N3CCN(CC(F)(F)F)CC3)C[C@H]2CO[C@H]2CC[C@H](C(=O)O)CC2)cc1Cl)c1csc2ccccc12. The van der Waals surface area contributed by atoms with Gasteiger partial charge in [-0.1, -0.05) is 29.8 Å². The van der Waals surface area contributed by atoms with Crippen LogP contribution in [-0.4, -0.2) is 108 Å². The molecule has 15 heteroatoms. The molecule has 2 amide bonds. The van der Waals surface area contributed by atoms with Crippen molar-refractivity contribution >= 4 is 56.5 Å². The van der Waals surface area contributed by atoms with E-state index >= 15 is 4.39 Å². The molecule has 6 rings (SSSR count). The number of hydrogen-bond donors (Lipinski definition) is 2. The van der Waals surface area contributed by atoms with E-state index in [1.165, 1.54) is 22.3 Å². The summed E-state index contributed by atoms with van der Waals surface area (Å²) in [6, 6.07) is 9.43. The standard InChI is InChI=1S/C35H39ClF4N4O5S/c36-28-13-22(29(37)16-30(28)41-33(46)27-19-50-31-4-2-1-3-26(27)31)14-32(45)44-17-23(43-11-9-42(10-12-43)20-35(38,39)40)15-24(44)18-49-25-7-5-21(6-8-25)34(47)48/h1-4,13,16,19,21,23-25H,5-12,14-15,17-18,20H2,(H,41,46)(H,47,48)/t21-,23-,24-,25-/m0/s1. The molecule has 0 spiro atoms. The lowest BCUT2D eigenvalue weighted by molar-refractivity contribution is -0.150. The second-order valence-electron chi connectivity index (χ2n) is 13.4. The van der Waals surface area contributed by atoms with Gasteiger partial charge in [0.2, 0.25) is 5.91 Å². The van der Waals surface area contributed by atoms with Crippen LogP contribution in [0.25, 0.3) is 10.1 Å². The number of rotatable bonds is 10. The van der Waals surface area contributed by atoms with E-state index in [2.05, 4.69) is 10.2 Å². The summed E-state index contributed by atoms with van der Waals surface area (Å²) < 4.78 is 61.5. The largest absolute Gasteiger partial charge is 0.481 e. The third-order valence-corrected chi connectivity index (χ3v) is 11.3. The Morgan fingerprint density at radius 2 is 1.76 bits per heavy atom. The molecular weight excluding hydrogens is 700 g/mol. The predicted octanol–water partition coefficient (Wildman–Crippen LogP) is 6.30. The summed E-state index contributed by atoms with van der Waals surface area (Å²) in [6.45, 7) is 0.932. The van der Waals surface area contributed by atoms with E-state index in [1.807, 2.05) is 24.3 Å². The fourth-order valence-corrected chi connectivity index (χ4v) is 8.49. The van der Waals surface area contributed by atoms with Crippen molar-refractivity contribution in [3.05, 3.63) is 63.7 Å². The Morgan fingerprint density at radius 3 is 2.46 bits per heavy atom. The molecule has 1 aromatic heterocycles. The van der Waals surface area contributed by atoms with Gasteiger partial charge in [-0.2, -0.15) is 13.2 Å². The van der Waals surface area contributed by atoms with Crippen molar-refractivity contribution in [1.82, 2.24) is 14.7 Å². The summed E-state index contributed by atoms with van der Waals surface area (Å²) in [6.07, 6.45) is -1.95. The zero-order chi connectivity index (χ0) is 35.6. The number of carbonyl (C=O) groups is 3. The number of halogens is 5. The lowest BCUT2D eigenvalue weighted by Gasteiger charge is -2.38. The van der Waals surface area contributed by atoms with Gasteiger partial charge in [-0.3, -0.25) is 24.2 Å². The number of amides is 2. The van der Waals surface area contributed by atoms with E-state index in [-0.39, 0.29) is 66.5 Å². The zero-order valence-corrected chi connectivity index (χ0v) is 28.8. The average Bonchev–Trinajstić information content (AvgIpc) is 3.71. The van der Waals surface area contributed by atoms with Gasteiger partial charge in [0.1, 0.15) is 5.82 Å². The Kier molecular flexibility index (Phi) is 11.3. The first-order valence-corrected chi connectivity index (χ1v) is 18.0. The van der Waals surface area contributed by atoms with Crippen molar-refractivity contribution in [2.45, 2.75) is 62.9 Å². The van der Waals surface area contributed by atoms with Crippen LogP contribution in [0.2, 0.25) is 5.02 Å². The number of carboxylic acid groups (broad SMARTS) is 1. The molecule has 3 aromatic rings. The highest BCUT2D eigenvalue weighted by atomic mass is 35.5. The van der Waals surface area contributed by atoms with Gasteiger partial charge in [0.05, 0.1) is 53.9 Å². The van der Waals surface area contributed by atoms with Gasteiger partial charge in [0.25, 0.3) is 5.91 Å². The molecule has 2 atom stereocenters. The topological polar surface area (TPSA) is 102 Å². The number of piperazine rings is 1. The number of benzene rings is 2. The molecule has 3 fully saturated rings. The molecule has 0 radical (unpaired) electrons. The summed E-state index contributed by atoms with van der Waals surface area (Å²) in [4.78, 5) is 43.4. The first-order chi connectivity index (χ1) is 23.8. The van der Waals surface area contributed by atoms with Crippen molar-refractivity contribution in [1.29, 1.82) is 0 Å². The highest BCUT2D eigenvalue weighted by Crippen LogP contribution is 2.32. The summed E-state index contributed by atoms with van der Waals surface area (Å²) in [7, 11) is 0. The van der Waals surface area contributed by atoms with Gasteiger partial charge in [0.15, 0.2) is 0 Å². The molecule has 0 unspecified atom stereocenters. The van der Waals surface area contributed by atoms with Gasteiger partial charge in [-0.25, -0.2) is 4.39 Å². The maximum Gasteiger partial charge on any atom is 0.401 e. The second kappa shape index (κ2) is 15.5. The van der Waals surface area contributed by atoms with Crippen molar-refractivity contribution in [3.8, 4) is 0 Å². The van der Waals surface area contributed by atoms with Gasteiger partial charge < -0.3 is 20.1 Å². The van der Waals surface area contributed by atoms with Crippen molar-refractivity contribution in [3.63, 3.8) is 0 Å². The number of fused-ring (bicyclic) bond motifs is 1. The number of hydrogen-bond acceptors (Lipinski definition) is 7. The van der Waals surface area contributed by atoms with E-state index < -0.39 is 36.3 Å². The third-order valence-electron chi connectivity index (χ3n) is 10.0. The fourth-order valence-electron chi connectivity index (χ4n) is 7.31. The average molecular weight is 739 g/mol. The van der Waals surface area contributed by atoms with E-state index in [0.717, 1.165) is 16.2 Å². The van der Waals surface area contributed by atoms with Crippen LogP contribution >= 0.6 is 22.9 Å². The lowest BCUT2D eigenvalue weighted by Crippen LogP contribution is -2.52. The Morgan fingerprint density at radius 1 is 1.04 bits per heavy atom. The molecule has 9 nitrogen and oxygen atoms in total. The molecule has 0 bridgehead atoms. The van der Waals surface area contributed by atoms with Crippen molar-refractivity contribution in [2.24, 2.45) is 5.92 Å². The van der Waals surface area contributed by atoms with Crippen LogP contribution in [0.3, 0.4) is 0 Å². The van der Waals surface area contributed by atoms with Crippen LogP contribution in [0.15, 0.2) is 41.8 Å². The highest BCUT2D eigenvalue weighted by molar-refractivity contribution is 7.17. The summed E-state index contributed by atoms with van der Waals surface area (Å²) in [5.74, 6) is -2.69. The Hall–Kier alpha value is -3.30. The Balaban J connectivity index is 1.12. The Bertz CT molecular complexity index is 1710. The number of alkyl halides is 3. The van der Waals surface area contributed by atoms with Crippen LogP contribution in [-0.2, 0) is 20.7 Å². The lowest BCUT2D eigenvalue weighted by atomic mass is 9.87. The number of likely N-dealkylation sites (tertiary alicyclic amines) is 1. The molecule has 2 aliphatic heterocycles. The normalized spacial score (nSPS) is 23.7. The molecule has 2 aromatic carbocycles. The number of thiophene rings is 1. The number of nitrogens with zero attached hydrogens (tertiary/aromatic N) is 3. The number of aliphatic carboxylic acids is 1. The number of nitrogens with one attached hydrogen (secondary N) is 1. The van der Waals surface area contributed by atoms with Crippen LogP contribution < -0.4 is 5.32 Å². The van der Waals surface area contributed by atoms with E-state index in [4.69, 9.17) is 16.3 Å². The van der Waals surface area contributed by atoms with Crippen LogP contribution in [0.5, 0.6) is 0 Å². The minimum absolute atomic E-state index is 0.0647. The highest BCUT2D eigenvalue weighted by Gasteiger charge is 2.41. The number of carbonyl (C=O) groups excluding carboxylic acids is 2. The fraction of sp³-hybridized carbons (Fsp3) is 0.514. The summed E-state index contributed by atoms with van der Waals surface area (Å²) >= 11 is 7.92. The molecule has 2 N–H and O–H groups in total. The molecular formula is C35H39ClF4N4O5S. The van der Waals surface area contributed by atoms with E-state index in [9.17, 15) is 32.7 Å². The number of carboxylic acids is 1. The first-order valence-electron chi connectivity index (χ1n) is 16.8. The molecule has 3 heterocycles.